The summed E-state index contributed by atoms with van der Waals surface area (Å²) >= 11 is 0. The van der Waals surface area contributed by atoms with Gasteiger partial charge in [0.1, 0.15) is 5.54 Å². The molecule has 0 bridgehead atoms. The molecule has 0 aromatic heterocycles. The van der Waals surface area contributed by atoms with Gasteiger partial charge in [0.2, 0.25) is 0 Å². The summed E-state index contributed by atoms with van der Waals surface area (Å²) in [5.74, 6) is -0.301. The van der Waals surface area contributed by atoms with Gasteiger partial charge in [0, 0.05) is 5.69 Å². The smallest absolute Gasteiger partial charge is 0.279 e. The summed E-state index contributed by atoms with van der Waals surface area (Å²) < 4.78 is 0. The van der Waals surface area contributed by atoms with Crippen molar-refractivity contribution in [1.29, 1.82) is 5.26 Å². The molecule has 1 aliphatic carbocycles. The molecular formula is C19H27N4O2+. The number of aryl methyl sites for hydroxylation is 1. The van der Waals surface area contributed by atoms with E-state index in [0.717, 1.165) is 35.4 Å². The van der Waals surface area contributed by atoms with Crippen molar-refractivity contribution in [3.05, 3.63) is 29.8 Å². The van der Waals surface area contributed by atoms with Crippen molar-refractivity contribution in [2.75, 3.05) is 25.5 Å². The average molecular weight is 343 g/mol. The minimum atomic E-state index is -0.709. The number of para-hydroxylation sites is 1. The molecule has 25 heavy (non-hydrogen) atoms. The van der Waals surface area contributed by atoms with E-state index in [9.17, 15) is 14.9 Å². The number of carbonyl (C=O) groups is 2. The number of quaternary nitrogens is 1. The van der Waals surface area contributed by atoms with Crippen LogP contribution in [0.1, 0.15) is 38.2 Å². The Balaban J connectivity index is 1.83. The van der Waals surface area contributed by atoms with Gasteiger partial charge in [-0.1, -0.05) is 25.1 Å². The number of likely N-dealkylation sites (N-methyl/N-ethyl adjacent to an activating group) is 1. The van der Waals surface area contributed by atoms with Crippen LogP contribution in [0.3, 0.4) is 0 Å². The molecule has 0 aliphatic heterocycles. The quantitative estimate of drug-likeness (QED) is 0.680. The molecule has 1 aromatic carbocycles. The average Bonchev–Trinajstić information content (AvgIpc) is 3.03. The number of carbonyl (C=O) groups excluding carboxylic acids is 2. The number of nitriles is 1. The van der Waals surface area contributed by atoms with Gasteiger partial charge in [-0.3, -0.25) is 9.59 Å². The molecule has 1 aliphatic rings. The first-order chi connectivity index (χ1) is 12.0. The highest BCUT2D eigenvalue weighted by atomic mass is 16.2. The van der Waals surface area contributed by atoms with E-state index in [-0.39, 0.29) is 24.9 Å². The molecule has 1 unspecified atom stereocenters. The third kappa shape index (κ3) is 5.30. The lowest BCUT2D eigenvalue weighted by Gasteiger charge is -2.23. The highest BCUT2D eigenvalue weighted by Crippen LogP contribution is 2.28. The number of benzene rings is 1. The molecule has 3 N–H and O–H groups in total. The fourth-order valence-electron chi connectivity index (χ4n) is 3.31. The van der Waals surface area contributed by atoms with Gasteiger partial charge in [0.25, 0.3) is 11.8 Å². The van der Waals surface area contributed by atoms with Crippen LogP contribution in [0.2, 0.25) is 0 Å². The van der Waals surface area contributed by atoms with Crippen molar-refractivity contribution in [2.45, 2.75) is 44.6 Å². The Kier molecular flexibility index (Phi) is 6.54. The Morgan fingerprint density at radius 1 is 1.20 bits per heavy atom. The molecule has 1 fully saturated rings. The maximum absolute atomic E-state index is 12.2. The molecule has 0 spiro atoms. The molecule has 6 nitrogen and oxygen atoms in total. The van der Waals surface area contributed by atoms with Crippen molar-refractivity contribution in [3.63, 3.8) is 0 Å². The van der Waals surface area contributed by atoms with E-state index < -0.39 is 5.54 Å². The second-order valence-corrected chi connectivity index (χ2v) is 6.82. The summed E-state index contributed by atoms with van der Waals surface area (Å²) in [5.41, 5.74) is 1.20. The summed E-state index contributed by atoms with van der Waals surface area (Å²) in [6.07, 6.45) is 4.20. The SMILES string of the molecule is CCc1ccccc1NC(=O)C[NH+](C)CC(=O)NC1(C#N)CCCC1. The Bertz CT molecular complexity index is 660. The van der Waals surface area contributed by atoms with Gasteiger partial charge in [0.15, 0.2) is 13.1 Å². The number of hydrogen-bond donors (Lipinski definition) is 3. The summed E-state index contributed by atoms with van der Waals surface area (Å²) in [6.45, 7) is 2.41. The third-order valence-corrected chi connectivity index (χ3v) is 4.65. The number of nitrogens with one attached hydrogen (secondary N) is 3. The summed E-state index contributed by atoms with van der Waals surface area (Å²) in [4.78, 5) is 25.2. The fourth-order valence-corrected chi connectivity index (χ4v) is 3.31. The molecule has 1 aromatic rings. The van der Waals surface area contributed by atoms with Crippen LogP contribution in [0.4, 0.5) is 5.69 Å². The van der Waals surface area contributed by atoms with Gasteiger partial charge in [-0.25, -0.2) is 0 Å². The zero-order valence-corrected chi connectivity index (χ0v) is 15.0. The van der Waals surface area contributed by atoms with Crippen LogP contribution in [-0.4, -0.2) is 37.5 Å². The molecular weight excluding hydrogens is 316 g/mol. The molecule has 0 saturated heterocycles. The van der Waals surface area contributed by atoms with E-state index in [0.29, 0.717) is 12.8 Å². The summed E-state index contributed by atoms with van der Waals surface area (Å²) in [7, 11) is 1.80. The molecule has 6 heteroatoms. The van der Waals surface area contributed by atoms with Crippen LogP contribution < -0.4 is 15.5 Å². The van der Waals surface area contributed by atoms with Gasteiger partial charge < -0.3 is 15.5 Å². The zero-order valence-electron chi connectivity index (χ0n) is 15.0. The van der Waals surface area contributed by atoms with Gasteiger partial charge in [0.05, 0.1) is 13.1 Å². The Morgan fingerprint density at radius 3 is 2.48 bits per heavy atom. The highest BCUT2D eigenvalue weighted by Gasteiger charge is 2.35. The molecule has 1 saturated carbocycles. The van der Waals surface area contributed by atoms with E-state index in [4.69, 9.17) is 0 Å². The van der Waals surface area contributed by atoms with E-state index >= 15 is 0 Å². The maximum atomic E-state index is 12.2. The molecule has 0 radical (unpaired) electrons. The summed E-state index contributed by atoms with van der Waals surface area (Å²) in [5, 5.41) is 15.1. The highest BCUT2D eigenvalue weighted by molar-refractivity contribution is 5.92. The van der Waals surface area contributed by atoms with Crippen molar-refractivity contribution in [3.8, 4) is 6.07 Å². The lowest BCUT2D eigenvalue weighted by Crippen LogP contribution is -3.11. The lowest BCUT2D eigenvalue weighted by molar-refractivity contribution is -0.862. The van der Waals surface area contributed by atoms with Gasteiger partial charge in [-0.05, 0) is 43.7 Å². The predicted octanol–water partition coefficient (Wildman–Crippen LogP) is 0.655. The maximum Gasteiger partial charge on any atom is 0.279 e. The van der Waals surface area contributed by atoms with E-state index in [2.05, 4.69) is 16.7 Å². The number of nitrogens with zero attached hydrogens (tertiary/aromatic N) is 1. The second kappa shape index (κ2) is 8.63. The lowest BCUT2D eigenvalue weighted by atomic mass is 10.00. The number of anilines is 1. The van der Waals surface area contributed by atoms with Crippen molar-refractivity contribution < 1.29 is 14.5 Å². The fraction of sp³-hybridized carbons (Fsp3) is 0.526. The first kappa shape index (κ1) is 18.9. The molecule has 2 amide bonds. The van der Waals surface area contributed by atoms with Crippen molar-refractivity contribution in [1.82, 2.24) is 5.32 Å². The van der Waals surface area contributed by atoms with E-state index in [1.54, 1.807) is 7.05 Å². The largest absolute Gasteiger partial charge is 0.333 e. The Labute approximate surface area is 149 Å². The van der Waals surface area contributed by atoms with Crippen LogP contribution in [0.15, 0.2) is 24.3 Å². The van der Waals surface area contributed by atoms with E-state index in [1.807, 2.05) is 31.2 Å². The zero-order chi connectivity index (χ0) is 18.3. The molecule has 2 rings (SSSR count). The molecule has 0 heterocycles. The van der Waals surface area contributed by atoms with Crippen LogP contribution in [0, 0.1) is 11.3 Å². The van der Waals surface area contributed by atoms with Crippen LogP contribution >= 0.6 is 0 Å². The number of hydrogen-bond acceptors (Lipinski definition) is 3. The minimum Gasteiger partial charge on any atom is -0.333 e. The predicted molar refractivity (Wildman–Crippen MR) is 96.0 cm³/mol. The Morgan fingerprint density at radius 2 is 1.84 bits per heavy atom. The normalized spacial score (nSPS) is 16.7. The molecule has 1 atom stereocenters. The molecule has 134 valence electrons. The second-order valence-electron chi connectivity index (χ2n) is 6.82. The van der Waals surface area contributed by atoms with Crippen LogP contribution in [-0.2, 0) is 16.0 Å². The van der Waals surface area contributed by atoms with Crippen LogP contribution in [0.25, 0.3) is 0 Å². The Hall–Kier alpha value is -2.39. The first-order valence-electron chi connectivity index (χ1n) is 8.89. The number of rotatable bonds is 7. The summed E-state index contributed by atoms with van der Waals surface area (Å²) in [6, 6.07) is 9.96. The standard InChI is InChI=1S/C19H26N4O2/c1-3-15-8-4-5-9-16(15)21-17(24)12-23(2)13-18(25)22-19(14-20)10-6-7-11-19/h4-5,8-9H,3,6-7,10-13H2,1-2H3,(H,21,24)(H,22,25)/p+1. The van der Waals surface area contributed by atoms with Gasteiger partial charge in [-0.15, -0.1) is 0 Å². The monoisotopic (exact) mass is 343 g/mol. The topological polar surface area (TPSA) is 86.4 Å². The third-order valence-electron chi connectivity index (χ3n) is 4.65. The minimum absolute atomic E-state index is 0.123. The van der Waals surface area contributed by atoms with Gasteiger partial charge >= 0.3 is 0 Å². The van der Waals surface area contributed by atoms with Crippen molar-refractivity contribution in [2.24, 2.45) is 0 Å². The van der Waals surface area contributed by atoms with E-state index in [1.165, 1.54) is 0 Å². The number of amides is 2. The van der Waals surface area contributed by atoms with Crippen molar-refractivity contribution >= 4 is 17.5 Å². The van der Waals surface area contributed by atoms with Crippen LogP contribution in [0.5, 0.6) is 0 Å². The van der Waals surface area contributed by atoms with Gasteiger partial charge in [-0.2, -0.15) is 5.26 Å². The first-order valence-corrected chi connectivity index (χ1v) is 8.89.